The van der Waals surface area contributed by atoms with E-state index in [1.54, 1.807) is 0 Å². The summed E-state index contributed by atoms with van der Waals surface area (Å²) in [6.07, 6.45) is 0.860. The van der Waals surface area contributed by atoms with E-state index in [9.17, 15) is 4.79 Å². The summed E-state index contributed by atoms with van der Waals surface area (Å²) in [5, 5.41) is 8.25. The fourth-order valence-corrected chi connectivity index (χ4v) is 0.445. The highest BCUT2D eigenvalue weighted by Gasteiger charge is 2.11. The van der Waals surface area contributed by atoms with Crippen LogP contribution in [-0.4, -0.2) is 11.1 Å². The van der Waals surface area contributed by atoms with E-state index in [-0.39, 0.29) is 11.8 Å². The zero-order chi connectivity index (χ0) is 7.49. The molecule has 0 amide bonds. The Morgan fingerprint density at radius 2 is 2.11 bits per heavy atom. The van der Waals surface area contributed by atoms with E-state index in [2.05, 4.69) is 6.92 Å². The van der Waals surface area contributed by atoms with E-state index in [1.165, 1.54) is 0 Å². The summed E-state index contributed by atoms with van der Waals surface area (Å²) in [5.74, 6) is -0.744. The van der Waals surface area contributed by atoms with Crippen molar-refractivity contribution in [2.24, 2.45) is 5.41 Å². The minimum absolute atomic E-state index is 0.0988. The molecule has 0 aromatic rings. The van der Waals surface area contributed by atoms with Crippen molar-refractivity contribution < 1.29 is 9.90 Å². The maximum absolute atomic E-state index is 10.0. The second kappa shape index (κ2) is 2.85. The summed E-state index contributed by atoms with van der Waals surface area (Å²) in [4.78, 5) is 10.0. The molecule has 0 unspecified atom stereocenters. The Bertz CT molecular complexity index is 100.0. The molecule has 0 aromatic carbocycles. The van der Waals surface area contributed by atoms with Crippen molar-refractivity contribution in [2.75, 3.05) is 0 Å². The lowest BCUT2D eigenvalue weighted by Crippen LogP contribution is -2.08. The first-order valence-electron chi connectivity index (χ1n) is 2.99. The second-order valence-corrected chi connectivity index (χ2v) is 3.06. The molecule has 0 aliphatic rings. The Kier molecular flexibility index (Phi) is 2.68. The molecule has 1 N–H and O–H groups in total. The van der Waals surface area contributed by atoms with Gasteiger partial charge in [0.15, 0.2) is 0 Å². The zero-order valence-electron chi connectivity index (χ0n) is 5.98. The lowest BCUT2D eigenvalue weighted by Gasteiger charge is -2.15. The van der Waals surface area contributed by atoms with Gasteiger partial charge in [-0.25, -0.2) is 0 Å². The minimum atomic E-state index is -0.744. The van der Waals surface area contributed by atoms with Crippen molar-refractivity contribution in [3.05, 3.63) is 6.92 Å². The largest absolute Gasteiger partial charge is 0.481 e. The molecule has 0 spiro atoms. The number of hydrogen-bond acceptors (Lipinski definition) is 1. The van der Waals surface area contributed by atoms with Gasteiger partial charge in [0.05, 0.1) is 0 Å². The summed E-state index contributed by atoms with van der Waals surface area (Å²) < 4.78 is 0. The van der Waals surface area contributed by atoms with Gasteiger partial charge in [-0.05, 0) is 18.8 Å². The molecule has 0 saturated heterocycles. The van der Waals surface area contributed by atoms with Crippen molar-refractivity contribution in [3.8, 4) is 0 Å². The van der Waals surface area contributed by atoms with Crippen molar-refractivity contribution in [2.45, 2.75) is 26.7 Å². The number of carboxylic acids is 1. The van der Waals surface area contributed by atoms with E-state index >= 15 is 0 Å². The van der Waals surface area contributed by atoms with E-state index in [1.807, 2.05) is 13.8 Å². The fraction of sp³-hybridized carbons (Fsp3) is 0.714. The normalized spacial score (nSPS) is 11.4. The smallest absolute Gasteiger partial charge is 0.303 e. The van der Waals surface area contributed by atoms with Gasteiger partial charge >= 0.3 is 5.97 Å². The van der Waals surface area contributed by atoms with E-state index in [4.69, 9.17) is 5.11 Å². The van der Waals surface area contributed by atoms with Crippen LogP contribution in [0.4, 0.5) is 0 Å². The van der Waals surface area contributed by atoms with Crippen LogP contribution in [0.2, 0.25) is 0 Å². The van der Waals surface area contributed by atoms with Crippen LogP contribution in [0, 0.1) is 12.3 Å². The van der Waals surface area contributed by atoms with Gasteiger partial charge in [0.2, 0.25) is 0 Å². The number of rotatable bonds is 3. The first-order valence-corrected chi connectivity index (χ1v) is 2.99. The summed E-state index contributed by atoms with van der Waals surface area (Å²) in [7, 11) is 0. The summed E-state index contributed by atoms with van der Waals surface area (Å²) in [6, 6.07) is 0. The molecular weight excluding hydrogens is 116 g/mol. The molecule has 0 saturated carbocycles. The van der Waals surface area contributed by atoms with Crippen LogP contribution < -0.4 is 0 Å². The van der Waals surface area contributed by atoms with E-state index in [0.29, 0.717) is 6.42 Å². The van der Waals surface area contributed by atoms with Crippen LogP contribution in [0.15, 0.2) is 0 Å². The van der Waals surface area contributed by atoms with E-state index < -0.39 is 5.97 Å². The number of carbonyl (C=O) groups is 1. The van der Waals surface area contributed by atoms with Crippen molar-refractivity contribution >= 4 is 5.97 Å². The topological polar surface area (TPSA) is 37.3 Å². The molecular formula is C7H13O2. The minimum Gasteiger partial charge on any atom is -0.481 e. The first-order chi connectivity index (χ1) is 3.92. The quantitative estimate of drug-likeness (QED) is 0.629. The van der Waals surface area contributed by atoms with Gasteiger partial charge in [-0.2, -0.15) is 0 Å². The third-order valence-electron chi connectivity index (χ3n) is 1.02. The first kappa shape index (κ1) is 8.47. The molecule has 2 heteroatoms. The Balaban J connectivity index is 3.39. The standard InChI is InChI=1S/C7H13O2/c1-7(2,3)5-4-6(8)9/h1,4-5H2,2-3H3,(H,8,9). The summed E-state index contributed by atoms with van der Waals surface area (Å²) in [5.41, 5.74) is -0.0988. The van der Waals surface area contributed by atoms with Crippen LogP contribution in [0.25, 0.3) is 0 Å². The van der Waals surface area contributed by atoms with Crippen molar-refractivity contribution in [1.82, 2.24) is 0 Å². The number of aliphatic carboxylic acids is 1. The lowest BCUT2D eigenvalue weighted by molar-refractivity contribution is -0.137. The van der Waals surface area contributed by atoms with Crippen LogP contribution in [0.3, 0.4) is 0 Å². The molecule has 0 aliphatic carbocycles. The monoisotopic (exact) mass is 129 g/mol. The zero-order valence-corrected chi connectivity index (χ0v) is 5.98. The molecule has 0 atom stereocenters. The highest BCUT2D eigenvalue weighted by atomic mass is 16.4. The Hall–Kier alpha value is -0.530. The van der Waals surface area contributed by atoms with Gasteiger partial charge < -0.3 is 5.11 Å². The Morgan fingerprint density at radius 1 is 1.67 bits per heavy atom. The average Bonchev–Trinajstić information content (AvgIpc) is 1.59. The lowest BCUT2D eigenvalue weighted by atomic mass is 9.91. The molecule has 0 bridgehead atoms. The molecule has 0 aliphatic heterocycles. The van der Waals surface area contributed by atoms with Crippen LogP contribution in [-0.2, 0) is 4.79 Å². The van der Waals surface area contributed by atoms with Gasteiger partial charge in [0, 0.05) is 6.42 Å². The molecule has 1 radical (unpaired) electrons. The SMILES string of the molecule is [CH2]C(C)(C)CCC(=O)O. The molecule has 9 heavy (non-hydrogen) atoms. The second-order valence-electron chi connectivity index (χ2n) is 3.06. The van der Waals surface area contributed by atoms with Gasteiger partial charge in [-0.15, -0.1) is 0 Å². The molecule has 0 heterocycles. The highest BCUT2D eigenvalue weighted by Crippen LogP contribution is 2.19. The van der Waals surface area contributed by atoms with Crippen LogP contribution in [0.5, 0.6) is 0 Å². The maximum atomic E-state index is 10.0. The van der Waals surface area contributed by atoms with Gasteiger partial charge in [-0.3, -0.25) is 4.79 Å². The third kappa shape index (κ3) is 7.47. The maximum Gasteiger partial charge on any atom is 0.303 e. The van der Waals surface area contributed by atoms with Crippen LogP contribution in [0.1, 0.15) is 26.7 Å². The van der Waals surface area contributed by atoms with E-state index in [0.717, 1.165) is 0 Å². The fourth-order valence-electron chi connectivity index (χ4n) is 0.445. The number of hydrogen-bond donors (Lipinski definition) is 1. The summed E-state index contributed by atoms with van der Waals surface area (Å²) >= 11 is 0. The average molecular weight is 129 g/mol. The third-order valence-corrected chi connectivity index (χ3v) is 1.02. The number of carboxylic acid groups (broad SMARTS) is 1. The molecule has 0 rings (SSSR count). The molecule has 0 fully saturated rings. The van der Waals surface area contributed by atoms with Gasteiger partial charge in [0.1, 0.15) is 0 Å². The summed E-state index contributed by atoms with van der Waals surface area (Å²) in [6.45, 7) is 7.63. The Labute approximate surface area is 55.9 Å². The highest BCUT2D eigenvalue weighted by molar-refractivity contribution is 5.66. The molecule has 2 nitrogen and oxygen atoms in total. The Morgan fingerprint density at radius 3 is 2.22 bits per heavy atom. The molecule has 53 valence electrons. The van der Waals surface area contributed by atoms with Crippen LogP contribution >= 0.6 is 0 Å². The molecule has 0 aromatic heterocycles. The van der Waals surface area contributed by atoms with Gasteiger partial charge in [0.25, 0.3) is 0 Å². The van der Waals surface area contributed by atoms with Crippen molar-refractivity contribution in [1.29, 1.82) is 0 Å². The predicted octanol–water partition coefficient (Wildman–Crippen LogP) is 1.71. The van der Waals surface area contributed by atoms with Crippen molar-refractivity contribution in [3.63, 3.8) is 0 Å². The van der Waals surface area contributed by atoms with Gasteiger partial charge in [-0.1, -0.05) is 13.8 Å². The predicted molar refractivity (Wildman–Crippen MR) is 36.0 cm³/mol.